The van der Waals surface area contributed by atoms with E-state index < -0.39 is 0 Å². The van der Waals surface area contributed by atoms with Crippen molar-refractivity contribution < 1.29 is 4.79 Å². The summed E-state index contributed by atoms with van der Waals surface area (Å²) in [5.41, 5.74) is 0.885. The topological polar surface area (TPSA) is 57.1 Å². The Labute approximate surface area is 162 Å². The quantitative estimate of drug-likeness (QED) is 0.673. The zero-order valence-corrected chi connectivity index (χ0v) is 16.2. The number of amides is 1. The van der Waals surface area contributed by atoms with E-state index in [0.717, 1.165) is 25.4 Å². The summed E-state index contributed by atoms with van der Waals surface area (Å²) in [5, 5.41) is 11.4. The number of terminal acetylenes is 1. The highest BCUT2D eigenvalue weighted by atomic mass is 16.1. The molecule has 5 heteroatoms. The van der Waals surface area contributed by atoms with Crippen LogP contribution in [0.15, 0.2) is 40.6 Å². The fraction of sp³-hybridized carbons (Fsp3) is 0.591. The van der Waals surface area contributed by atoms with Gasteiger partial charge in [-0.1, -0.05) is 37.3 Å². The van der Waals surface area contributed by atoms with Crippen molar-refractivity contribution in [1.82, 2.24) is 10.2 Å². The lowest BCUT2D eigenvalue weighted by Crippen LogP contribution is -2.42. The van der Waals surface area contributed by atoms with Gasteiger partial charge in [0.25, 0.3) is 0 Å². The summed E-state index contributed by atoms with van der Waals surface area (Å²) in [6.45, 7) is 5.14. The van der Waals surface area contributed by atoms with Gasteiger partial charge < -0.3 is 5.32 Å². The highest BCUT2D eigenvalue weighted by Crippen LogP contribution is 2.37. The lowest BCUT2D eigenvalue weighted by molar-refractivity contribution is -0.121. The maximum absolute atomic E-state index is 12.4. The molecule has 144 valence electrons. The number of hydrogen-bond donors (Lipinski definition) is 1. The average Bonchev–Trinajstić information content (AvgIpc) is 3.47. The molecule has 1 aromatic rings. The van der Waals surface area contributed by atoms with Gasteiger partial charge in [-0.3, -0.25) is 9.69 Å². The maximum Gasteiger partial charge on any atom is 0.220 e. The third-order valence-corrected chi connectivity index (χ3v) is 5.74. The molecule has 0 aliphatic carbocycles. The molecule has 1 amide bonds. The minimum atomic E-state index is -0.383. The van der Waals surface area contributed by atoms with Crippen LogP contribution < -0.4 is 5.32 Å². The molecule has 2 heterocycles. The molecular formula is C22H30N4O. The summed E-state index contributed by atoms with van der Waals surface area (Å²) in [5.74, 6) is 3.48. The van der Waals surface area contributed by atoms with Crippen LogP contribution in [0, 0.1) is 18.3 Å². The molecule has 3 rings (SSSR count). The average molecular weight is 367 g/mol. The minimum absolute atomic E-state index is 0.0682. The first-order valence-electron chi connectivity index (χ1n) is 10.0. The van der Waals surface area contributed by atoms with Crippen LogP contribution in [0.4, 0.5) is 0 Å². The summed E-state index contributed by atoms with van der Waals surface area (Å²) < 4.78 is 0. The number of carbonyl (C=O) groups excluding carboxylic acids is 1. The van der Waals surface area contributed by atoms with Crippen molar-refractivity contribution >= 4 is 5.91 Å². The van der Waals surface area contributed by atoms with Crippen LogP contribution in [0.1, 0.15) is 57.1 Å². The van der Waals surface area contributed by atoms with E-state index >= 15 is 0 Å². The molecule has 1 atom stereocenters. The molecule has 0 aromatic heterocycles. The number of nitrogens with zero attached hydrogens (tertiary/aromatic N) is 3. The van der Waals surface area contributed by atoms with Gasteiger partial charge in [0.05, 0.1) is 6.04 Å². The van der Waals surface area contributed by atoms with Crippen molar-refractivity contribution in [1.29, 1.82) is 0 Å². The molecule has 0 bridgehead atoms. The van der Waals surface area contributed by atoms with E-state index in [4.69, 9.17) is 6.42 Å². The van der Waals surface area contributed by atoms with Crippen molar-refractivity contribution in [2.75, 3.05) is 19.6 Å². The third-order valence-electron chi connectivity index (χ3n) is 5.74. The number of likely N-dealkylation sites (tertiary alicyclic amines) is 1. The number of piperidine rings is 1. The van der Waals surface area contributed by atoms with Gasteiger partial charge in [0.1, 0.15) is 0 Å². The Bertz CT molecular complexity index is 680. The van der Waals surface area contributed by atoms with Gasteiger partial charge in [-0.05, 0) is 37.4 Å². The minimum Gasteiger partial charge on any atom is -0.354 e. The van der Waals surface area contributed by atoms with Crippen LogP contribution in [0.3, 0.4) is 0 Å². The van der Waals surface area contributed by atoms with Gasteiger partial charge in [0.15, 0.2) is 5.66 Å². The van der Waals surface area contributed by atoms with Crippen LogP contribution >= 0.6 is 0 Å². The maximum atomic E-state index is 12.4. The molecule has 2 aliphatic heterocycles. The molecule has 0 radical (unpaired) electrons. The fourth-order valence-corrected chi connectivity index (χ4v) is 3.75. The zero-order valence-electron chi connectivity index (χ0n) is 16.2. The molecule has 1 aromatic carbocycles. The first kappa shape index (κ1) is 19.6. The SMILES string of the molecule is C#CCCC1(CCC(=O)NCC(c2ccccc2)N2CCC(C)CC2)N=N1. The number of rotatable bonds is 9. The second-order valence-corrected chi connectivity index (χ2v) is 7.84. The first-order chi connectivity index (χ1) is 13.1. The lowest BCUT2D eigenvalue weighted by atomic mass is 9.95. The van der Waals surface area contributed by atoms with Crippen molar-refractivity contribution in [2.24, 2.45) is 16.1 Å². The van der Waals surface area contributed by atoms with E-state index in [1.165, 1.54) is 18.4 Å². The second-order valence-electron chi connectivity index (χ2n) is 7.84. The lowest BCUT2D eigenvalue weighted by Gasteiger charge is -2.37. The molecule has 1 N–H and O–H groups in total. The molecule has 1 unspecified atom stereocenters. The van der Waals surface area contributed by atoms with E-state index in [1.807, 2.05) is 6.07 Å². The Hall–Kier alpha value is -2.19. The Balaban J connectivity index is 1.52. The second kappa shape index (κ2) is 9.14. The molecule has 27 heavy (non-hydrogen) atoms. The Morgan fingerprint density at radius 1 is 1.30 bits per heavy atom. The van der Waals surface area contributed by atoms with Gasteiger partial charge in [-0.15, -0.1) is 12.3 Å². The third kappa shape index (κ3) is 5.64. The van der Waals surface area contributed by atoms with Crippen LogP contribution in [0.2, 0.25) is 0 Å². The first-order valence-corrected chi connectivity index (χ1v) is 10.0. The predicted molar refractivity (Wildman–Crippen MR) is 107 cm³/mol. The van der Waals surface area contributed by atoms with E-state index in [9.17, 15) is 4.79 Å². The van der Waals surface area contributed by atoms with Crippen LogP contribution in [-0.4, -0.2) is 36.1 Å². The van der Waals surface area contributed by atoms with Gasteiger partial charge in [0, 0.05) is 32.2 Å². The van der Waals surface area contributed by atoms with Crippen LogP contribution in [-0.2, 0) is 4.79 Å². The summed E-state index contributed by atoms with van der Waals surface area (Å²) >= 11 is 0. The molecule has 0 spiro atoms. The standard InChI is InChI=1S/C22H30N4O/c1-3-4-13-22(24-25-22)14-10-21(27)23-17-20(19-8-6-5-7-9-19)26-15-11-18(2)12-16-26/h1,5-9,18,20H,4,10-17H2,2H3,(H,23,27). The predicted octanol–water partition coefficient (Wildman–Crippen LogP) is 3.93. The zero-order chi connectivity index (χ0) is 19.1. The van der Waals surface area contributed by atoms with E-state index in [2.05, 4.69) is 57.6 Å². The number of benzene rings is 1. The highest BCUT2D eigenvalue weighted by Gasteiger charge is 2.39. The number of nitrogens with one attached hydrogen (secondary N) is 1. The Morgan fingerprint density at radius 3 is 2.63 bits per heavy atom. The monoisotopic (exact) mass is 366 g/mol. The van der Waals surface area contributed by atoms with Gasteiger partial charge in [-0.25, -0.2) is 0 Å². The fourth-order valence-electron chi connectivity index (χ4n) is 3.75. The van der Waals surface area contributed by atoms with E-state index in [1.54, 1.807) is 0 Å². The smallest absolute Gasteiger partial charge is 0.220 e. The van der Waals surface area contributed by atoms with E-state index in [0.29, 0.717) is 25.8 Å². The van der Waals surface area contributed by atoms with Crippen molar-refractivity contribution in [3.05, 3.63) is 35.9 Å². The Morgan fingerprint density at radius 2 is 2.00 bits per heavy atom. The van der Waals surface area contributed by atoms with E-state index in [-0.39, 0.29) is 17.6 Å². The summed E-state index contributed by atoms with van der Waals surface area (Å²) in [4.78, 5) is 14.9. The van der Waals surface area contributed by atoms with Gasteiger partial charge in [0.2, 0.25) is 5.91 Å². The molecule has 0 saturated carbocycles. The molecular weight excluding hydrogens is 336 g/mol. The molecule has 1 saturated heterocycles. The summed E-state index contributed by atoms with van der Waals surface area (Å²) in [7, 11) is 0. The van der Waals surface area contributed by atoms with Crippen LogP contribution in [0.25, 0.3) is 0 Å². The molecule has 5 nitrogen and oxygen atoms in total. The van der Waals surface area contributed by atoms with Crippen molar-refractivity contribution in [3.8, 4) is 12.3 Å². The highest BCUT2D eigenvalue weighted by molar-refractivity contribution is 5.76. The molecule has 2 aliphatic rings. The largest absolute Gasteiger partial charge is 0.354 e. The van der Waals surface area contributed by atoms with Gasteiger partial charge in [-0.2, -0.15) is 10.2 Å². The van der Waals surface area contributed by atoms with Crippen molar-refractivity contribution in [2.45, 2.75) is 57.2 Å². The number of carbonyl (C=O) groups is 1. The van der Waals surface area contributed by atoms with Gasteiger partial charge >= 0.3 is 0 Å². The summed E-state index contributed by atoms with van der Waals surface area (Å²) in [6, 6.07) is 10.7. The normalized spacial score (nSPS) is 20.0. The number of hydrogen-bond acceptors (Lipinski definition) is 4. The van der Waals surface area contributed by atoms with Crippen molar-refractivity contribution in [3.63, 3.8) is 0 Å². The Kier molecular flexibility index (Phi) is 6.63. The summed E-state index contributed by atoms with van der Waals surface area (Å²) in [6.07, 6.45) is 10.2. The van der Waals surface area contributed by atoms with Crippen LogP contribution in [0.5, 0.6) is 0 Å². The molecule has 1 fully saturated rings.